The predicted molar refractivity (Wildman–Crippen MR) is 56.7 cm³/mol. The zero-order valence-corrected chi connectivity index (χ0v) is 9.62. The van der Waals surface area contributed by atoms with E-state index in [1.54, 1.807) is 0 Å². The van der Waals surface area contributed by atoms with Crippen molar-refractivity contribution in [3.05, 3.63) is 27.7 Å². The number of hydrogen-bond acceptors (Lipinski definition) is 3. The molecule has 1 rings (SSSR count). The summed E-state index contributed by atoms with van der Waals surface area (Å²) in [6.07, 6.45) is 1.07. The van der Waals surface area contributed by atoms with Gasteiger partial charge < -0.3 is 5.11 Å². The minimum Gasteiger partial charge on any atom is -0.506 e. The summed E-state index contributed by atoms with van der Waals surface area (Å²) in [6.45, 7) is 0. The summed E-state index contributed by atoms with van der Waals surface area (Å²) in [5.41, 5.74) is 0.232. The molecule has 0 saturated carbocycles. The molecule has 0 unspecified atom stereocenters. The van der Waals surface area contributed by atoms with Crippen molar-refractivity contribution in [1.82, 2.24) is 0 Å². The minimum absolute atomic E-state index is 0.0112. The number of hydrogen-bond donors (Lipinski definition) is 1. The Balaban J connectivity index is 3.27. The van der Waals surface area contributed by atoms with Gasteiger partial charge in [-0.25, -0.2) is 8.42 Å². The van der Waals surface area contributed by atoms with Gasteiger partial charge in [0.15, 0.2) is 9.84 Å². The molecule has 6 heteroatoms. The van der Waals surface area contributed by atoms with E-state index in [2.05, 4.69) is 0 Å². The molecule has 14 heavy (non-hydrogen) atoms. The summed E-state index contributed by atoms with van der Waals surface area (Å²) < 4.78 is 22.0. The molecule has 0 bridgehead atoms. The van der Waals surface area contributed by atoms with Crippen molar-refractivity contribution < 1.29 is 13.5 Å². The van der Waals surface area contributed by atoms with Crippen molar-refractivity contribution in [2.45, 2.75) is 5.75 Å². The van der Waals surface area contributed by atoms with E-state index >= 15 is 0 Å². The predicted octanol–water partition coefficient (Wildman–Crippen LogP) is 2.24. The average molecular weight is 255 g/mol. The maximum Gasteiger partial charge on any atom is 0.151 e. The second-order valence-corrected chi connectivity index (χ2v) is 5.85. The number of aromatic hydroxyl groups is 1. The standard InChI is InChI=1S/C8H8Cl2O3S/c1-14(12,13)4-5-6(9)2-3-7(11)8(5)10/h2-3,11H,4H2,1H3. The van der Waals surface area contributed by atoms with Crippen LogP contribution in [0, 0.1) is 0 Å². The zero-order chi connectivity index (χ0) is 10.9. The van der Waals surface area contributed by atoms with Gasteiger partial charge in [0.05, 0.1) is 10.8 Å². The Kier molecular flexibility index (Phi) is 3.29. The molecule has 0 aromatic heterocycles. The summed E-state index contributed by atoms with van der Waals surface area (Å²) in [7, 11) is -3.22. The van der Waals surface area contributed by atoms with Crippen LogP contribution >= 0.6 is 23.2 Å². The second-order valence-electron chi connectivity index (χ2n) is 2.93. The van der Waals surface area contributed by atoms with Crippen LogP contribution in [0.15, 0.2) is 12.1 Å². The van der Waals surface area contributed by atoms with E-state index in [9.17, 15) is 13.5 Å². The summed E-state index contributed by atoms with van der Waals surface area (Å²) in [5, 5.41) is 9.46. The van der Waals surface area contributed by atoms with Gasteiger partial charge in [-0.3, -0.25) is 0 Å². The third-order valence-corrected chi connectivity index (χ3v) is 3.16. The zero-order valence-electron chi connectivity index (χ0n) is 7.29. The molecule has 0 amide bonds. The van der Waals surface area contributed by atoms with E-state index in [0.717, 1.165) is 6.26 Å². The highest BCUT2D eigenvalue weighted by Gasteiger charge is 2.14. The van der Waals surface area contributed by atoms with Crippen molar-refractivity contribution in [1.29, 1.82) is 0 Å². The second kappa shape index (κ2) is 3.96. The van der Waals surface area contributed by atoms with Crippen molar-refractivity contribution >= 4 is 33.0 Å². The van der Waals surface area contributed by atoms with Crippen molar-refractivity contribution in [3.8, 4) is 5.75 Å². The molecule has 0 spiro atoms. The van der Waals surface area contributed by atoms with Gasteiger partial charge in [-0.05, 0) is 12.1 Å². The van der Waals surface area contributed by atoms with Crippen LogP contribution in [-0.4, -0.2) is 19.8 Å². The third-order valence-electron chi connectivity index (χ3n) is 1.57. The Morgan fingerprint density at radius 3 is 2.43 bits per heavy atom. The van der Waals surface area contributed by atoms with Crippen LogP contribution in [0.4, 0.5) is 0 Å². The summed E-state index contributed by atoms with van der Waals surface area (Å²) in [6, 6.07) is 2.72. The SMILES string of the molecule is CS(=O)(=O)Cc1c(Cl)ccc(O)c1Cl. The molecule has 0 aliphatic heterocycles. The molecule has 1 aromatic rings. The largest absolute Gasteiger partial charge is 0.506 e. The Labute approximate surface area is 92.2 Å². The van der Waals surface area contributed by atoms with E-state index in [4.69, 9.17) is 23.2 Å². The smallest absolute Gasteiger partial charge is 0.151 e. The normalized spacial score (nSPS) is 11.6. The van der Waals surface area contributed by atoms with Crippen molar-refractivity contribution in [3.63, 3.8) is 0 Å². The molecule has 0 radical (unpaired) electrons. The monoisotopic (exact) mass is 254 g/mol. The van der Waals surface area contributed by atoms with Crippen LogP contribution in [0.5, 0.6) is 5.75 Å². The number of rotatable bonds is 2. The fraction of sp³-hybridized carbons (Fsp3) is 0.250. The molecule has 0 atom stereocenters. The molecule has 3 nitrogen and oxygen atoms in total. The fourth-order valence-corrected chi connectivity index (χ4v) is 2.47. The molecule has 1 aromatic carbocycles. The van der Waals surface area contributed by atoms with Gasteiger partial charge in [-0.2, -0.15) is 0 Å². The molecule has 0 heterocycles. The lowest BCUT2D eigenvalue weighted by Crippen LogP contribution is -2.02. The average Bonchev–Trinajstić information content (AvgIpc) is 2.04. The van der Waals surface area contributed by atoms with Gasteiger partial charge in [0.1, 0.15) is 5.75 Å². The Hall–Kier alpha value is -0.450. The lowest BCUT2D eigenvalue weighted by atomic mass is 10.2. The number of halogens is 2. The Morgan fingerprint density at radius 2 is 1.93 bits per heavy atom. The number of phenols is 1. The Morgan fingerprint density at radius 1 is 1.36 bits per heavy atom. The van der Waals surface area contributed by atoms with E-state index in [1.165, 1.54) is 12.1 Å². The first-order valence-corrected chi connectivity index (χ1v) is 6.46. The van der Waals surface area contributed by atoms with Crippen molar-refractivity contribution in [2.24, 2.45) is 0 Å². The highest BCUT2D eigenvalue weighted by molar-refractivity contribution is 7.89. The molecule has 1 N–H and O–H groups in total. The van der Waals surface area contributed by atoms with E-state index < -0.39 is 9.84 Å². The molecule has 0 saturated heterocycles. The van der Waals surface area contributed by atoms with Gasteiger partial charge in [0.2, 0.25) is 0 Å². The fourth-order valence-electron chi connectivity index (χ4n) is 0.980. The molecular formula is C8H8Cl2O3S. The maximum atomic E-state index is 11.0. The van der Waals surface area contributed by atoms with Crippen LogP contribution < -0.4 is 0 Å². The lowest BCUT2D eigenvalue weighted by Gasteiger charge is -2.06. The first-order chi connectivity index (χ1) is 6.31. The molecule has 0 fully saturated rings. The highest BCUT2D eigenvalue weighted by atomic mass is 35.5. The van der Waals surface area contributed by atoms with Gasteiger partial charge in [0, 0.05) is 16.8 Å². The van der Waals surface area contributed by atoms with Gasteiger partial charge >= 0.3 is 0 Å². The van der Waals surface area contributed by atoms with Gasteiger partial charge in [-0.1, -0.05) is 23.2 Å². The van der Waals surface area contributed by atoms with E-state index in [-0.39, 0.29) is 27.1 Å². The summed E-state index contributed by atoms with van der Waals surface area (Å²) in [5.74, 6) is -0.450. The van der Waals surface area contributed by atoms with Crippen molar-refractivity contribution in [2.75, 3.05) is 6.26 Å². The Bertz CT molecular complexity index is 454. The topological polar surface area (TPSA) is 54.4 Å². The van der Waals surface area contributed by atoms with Crippen LogP contribution in [0.1, 0.15) is 5.56 Å². The van der Waals surface area contributed by atoms with Crippen LogP contribution in [-0.2, 0) is 15.6 Å². The highest BCUT2D eigenvalue weighted by Crippen LogP contribution is 2.33. The van der Waals surface area contributed by atoms with E-state index in [0.29, 0.717) is 0 Å². The molecule has 78 valence electrons. The quantitative estimate of drug-likeness (QED) is 0.881. The third kappa shape index (κ3) is 2.77. The molecule has 0 aliphatic carbocycles. The summed E-state index contributed by atoms with van der Waals surface area (Å²) >= 11 is 11.5. The molecule has 0 aliphatic rings. The van der Waals surface area contributed by atoms with E-state index in [1.807, 2.05) is 0 Å². The number of sulfone groups is 1. The first kappa shape index (κ1) is 11.6. The summed E-state index contributed by atoms with van der Waals surface area (Å²) in [4.78, 5) is 0. The van der Waals surface area contributed by atoms with Crippen LogP contribution in [0.3, 0.4) is 0 Å². The minimum atomic E-state index is -3.22. The van der Waals surface area contributed by atoms with Crippen LogP contribution in [0.2, 0.25) is 10.0 Å². The number of benzene rings is 1. The van der Waals surface area contributed by atoms with Gasteiger partial charge in [-0.15, -0.1) is 0 Å². The molecular weight excluding hydrogens is 247 g/mol. The first-order valence-electron chi connectivity index (χ1n) is 3.65. The number of phenolic OH excluding ortho intramolecular Hbond substituents is 1. The lowest BCUT2D eigenvalue weighted by molar-refractivity contribution is 0.475. The van der Waals surface area contributed by atoms with Crippen LogP contribution in [0.25, 0.3) is 0 Å². The maximum absolute atomic E-state index is 11.0. The van der Waals surface area contributed by atoms with Gasteiger partial charge in [0.25, 0.3) is 0 Å².